The Bertz CT molecular complexity index is 1030. The van der Waals surface area contributed by atoms with Crippen molar-refractivity contribution in [2.45, 2.75) is 20.1 Å². The van der Waals surface area contributed by atoms with Crippen LogP contribution in [0.4, 0.5) is 10.1 Å². The number of halogens is 1. The van der Waals surface area contributed by atoms with Crippen LogP contribution in [0.25, 0.3) is 0 Å². The number of anilines is 1. The van der Waals surface area contributed by atoms with Gasteiger partial charge in [-0.15, -0.1) is 6.42 Å². The van der Waals surface area contributed by atoms with Gasteiger partial charge in [-0.05, 0) is 37.6 Å². The van der Waals surface area contributed by atoms with E-state index in [1.165, 1.54) is 12.1 Å². The summed E-state index contributed by atoms with van der Waals surface area (Å²) in [4.78, 5) is 24.5. The maximum atomic E-state index is 13.5. The summed E-state index contributed by atoms with van der Waals surface area (Å²) in [7, 11) is 1.64. The fraction of sp³-hybridized carbons (Fsp3) is 0.250. The summed E-state index contributed by atoms with van der Waals surface area (Å²) in [5, 5.41) is 24.6. The number of aromatic nitrogens is 1. The van der Waals surface area contributed by atoms with E-state index in [0.29, 0.717) is 22.6 Å². The van der Waals surface area contributed by atoms with Crippen LogP contribution in [0.2, 0.25) is 0 Å². The van der Waals surface area contributed by atoms with Gasteiger partial charge in [0.25, 0.3) is 11.7 Å². The van der Waals surface area contributed by atoms with Crippen molar-refractivity contribution < 1.29 is 19.1 Å². The molecule has 1 heterocycles. The fourth-order valence-corrected chi connectivity index (χ4v) is 2.97. The van der Waals surface area contributed by atoms with Crippen LogP contribution in [-0.2, 0) is 11.8 Å². The monoisotopic (exact) mass is 382 g/mol. The highest BCUT2D eigenvalue weighted by Gasteiger charge is 2.28. The molecule has 0 aliphatic heterocycles. The van der Waals surface area contributed by atoms with Gasteiger partial charge >= 0.3 is 0 Å². The SMILES string of the molecule is C#CCNC(=O)C(=O)c1c(C)c(C(O)Nc2ccc(F)c(C#N)c2)n(C)c1C. The smallest absolute Gasteiger partial charge is 0.293 e. The minimum Gasteiger partial charge on any atom is -0.368 e. The molecule has 0 spiro atoms. The molecule has 2 aromatic rings. The minimum atomic E-state index is -1.27. The van der Waals surface area contributed by atoms with Crippen LogP contribution in [0.1, 0.15) is 39.1 Å². The van der Waals surface area contributed by atoms with Gasteiger partial charge < -0.3 is 20.3 Å². The van der Waals surface area contributed by atoms with Gasteiger partial charge in [0.1, 0.15) is 11.9 Å². The average molecular weight is 382 g/mol. The summed E-state index contributed by atoms with van der Waals surface area (Å²) in [6, 6.07) is 5.48. The van der Waals surface area contributed by atoms with Crippen LogP contribution in [0.15, 0.2) is 18.2 Å². The molecule has 0 fully saturated rings. The zero-order valence-electron chi connectivity index (χ0n) is 15.6. The molecule has 1 aromatic carbocycles. The number of nitriles is 1. The van der Waals surface area contributed by atoms with Gasteiger partial charge in [-0.3, -0.25) is 9.59 Å². The fourth-order valence-electron chi connectivity index (χ4n) is 2.97. The molecule has 0 aliphatic carbocycles. The zero-order chi connectivity index (χ0) is 21.0. The van der Waals surface area contributed by atoms with E-state index in [1.54, 1.807) is 31.5 Å². The Morgan fingerprint density at radius 1 is 1.39 bits per heavy atom. The molecule has 0 radical (unpaired) electrons. The topological polar surface area (TPSA) is 107 Å². The molecule has 0 aliphatic rings. The van der Waals surface area contributed by atoms with Gasteiger partial charge in [0.15, 0.2) is 6.23 Å². The summed E-state index contributed by atoms with van der Waals surface area (Å²) < 4.78 is 15.1. The lowest BCUT2D eigenvalue weighted by Crippen LogP contribution is -2.31. The van der Waals surface area contributed by atoms with Gasteiger partial charge in [0.2, 0.25) is 0 Å². The summed E-state index contributed by atoms with van der Waals surface area (Å²) in [6.07, 6.45) is 3.81. The van der Waals surface area contributed by atoms with E-state index in [0.717, 1.165) is 6.07 Å². The summed E-state index contributed by atoms with van der Waals surface area (Å²) >= 11 is 0. The van der Waals surface area contributed by atoms with Crippen LogP contribution in [0.3, 0.4) is 0 Å². The highest BCUT2D eigenvalue weighted by molar-refractivity contribution is 6.43. The van der Waals surface area contributed by atoms with Gasteiger partial charge in [-0.2, -0.15) is 5.26 Å². The van der Waals surface area contributed by atoms with E-state index in [9.17, 15) is 19.1 Å². The lowest BCUT2D eigenvalue weighted by molar-refractivity contribution is -0.116. The first kappa shape index (κ1) is 20.7. The predicted octanol–water partition coefficient (Wildman–Crippen LogP) is 1.69. The van der Waals surface area contributed by atoms with Gasteiger partial charge in [-0.1, -0.05) is 5.92 Å². The van der Waals surface area contributed by atoms with Crippen molar-refractivity contribution in [1.29, 1.82) is 5.26 Å². The Labute approximate surface area is 161 Å². The second kappa shape index (κ2) is 8.38. The van der Waals surface area contributed by atoms with E-state index >= 15 is 0 Å². The van der Waals surface area contributed by atoms with Crippen molar-refractivity contribution in [1.82, 2.24) is 9.88 Å². The van der Waals surface area contributed by atoms with Crippen LogP contribution in [0, 0.1) is 43.3 Å². The Hall–Kier alpha value is -3.62. The van der Waals surface area contributed by atoms with Crippen LogP contribution < -0.4 is 10.6 Å². The number of Topliss-reactive ketones (excluding diaryl/α,β-unsaturated/α-hetero) is 1. The second-order valence-electron chi connectivity index (χ2n) is 6.10. The molecule has 7 nitrogen and oxygen atoms in total. The number of benzene rings is 1. The molecule has 144 valence electrons. The number of ketones is 1. The van der Waals surface area contributed by atoms with Crippen molar-refractivity contribution >= 4 is 17.4 Å². The maximum Gasteiger partial charge on any atom is 0.293 e. The molecule has 1 atom stereocenters. The van der Waals surface area contributed by atoms with Gasteiger partial charge in [-0.25, -0.2) is 4.39 Å². The molecule has 2 rings (SSSR count). The number of amides is 1. The Morgan fingerprint density at radius 3 is 2.68 bits per heavy atom. The Balaban J connectivity index is 2.36. The molecule has 3 N–H and O–H groups in total. The number of nitrogens with one attached hydrogen (secondary N) is 2. The third-order valence-corrected chi connectivity index (χ3v) is 4.42. The first-order valence-electron chi connectivity index (χ1n) is 8.28. The highest BCUT2D eigenvalue weighted by Crippen LogP contribution is 2.28. The molecule has 8 heteroatoms. The quantitative estimate of drug-likeness (QED) is 0.305. The molecule has 0 saturated carbocycles. The predicted molar refractivity (Wildman–Crippen MR) is 101 cm³/mol. The van der Waals surface area contributed by atoms with E-state index in [2.05, 4.69) is 16.6 Å². The molecule has 1 aromatic heterocycles. The first-order valence-corrected chi connectivity index (χ1v) is 8.28. The van der Waals surface area contributed by atoms with E-state index < -0.39 is 23.7 Å². The number of nitrogens with zero attached hydrogens (tertiary/aromatic N) is 2. The summed E-state index contributed by atoms with van der Waals surface area (Å²) in [5.74, 6) is -0.0358. The maximum absolute atomic E-state index is 13.5. The molecule has 0 saturated heterocycles. The van der Waals surface area contributed by atoms with Crippen LogP contribution >= 0.6 is 0 Å². The zero-order valence-corrected chi connectivity index (χ0v) is 15.6. The lowest BCUT2D eigenvalue weighted by Gasteiger charge is -2.17. The Morgan fingerprint density at radius 2 is 2.07 bits per heavy atom. The first-order chi connectivity index (χ1) is 13.2. The molecule has 1 amide bonds. The molecular formula is C20H19FN4O3. The van der Waals surface area contributed by atoms with Crippen molar-refractivity contribution in [3.63, 3.8) is 0 Å². The molecule has 0 bridgehead atoms. The van der Waals surface area contributed by atoms with Crippen molar-refractivity contribution in [2.24, 2.45) is 7.05 Å². The normalized spacial score (nSPS) is 11.2. The Kier molecular flexibility index (Phi) is 6.19. The number of aliphatic hydroxyl groups excluding tert-OH is 1. The summed E-state index contributed by atoms with van der Waals surface area (Å²) in [6.45, 7) is 3.19. The van der Waals surface area contributed by atoms with Crippen LogP contribution in [-0.4, -0.2) is 27.9 Å². The number of rotatable bonds is 6. The number of hydrogen-bond donors (Lipinski definition) is 3. The average Bonchev–Trinajstić information content (AvgIpc) is 2.89. The van der Waals surface area contributed by atoms with Crippen molar-refractivity contribution in [3.8, 4) is 18.4 Å². The van der Waals surface area contributed by atoms with E-state index in [1.807, 2.05) is 0 Å². The van der Waals surface area contributed by atoms with Gasteiger partial charge in [0.05, 0.1) is 23.4 Å². The standard InChI is InChI=1S/C20H19FN4O3/c1-5-8-23-20(28)18(26)16-11(2)17(25(4)12(16)3)19(27)24-14-6-7-15(21)13(9-14)10-22/h1,6-7,9,19,24,27H,8H2,2-4H3,(H,23,28). The van der Waals surface area contributed by atoms with Gasteiger partial charge in [0, 0.05) is 18.4 Å². The number of hydrogen-bond acceptors (Lipinski definition) is 5. The molecular weight excluding hydrogens is 363 g/mol. The number of aliphatic hydroxyl groups is 1. The van der Waals surface area contributed by atoms with Crippen LogP contribution in [0.5, 0.6) is 0 Å². The van der Waals surface area contributed by atoms with E-state index in [-0.39, 0.29) is 17.7 Å². The highest BCUT2D eigenvalue weighted by atomic mass is 19.1. The number of carbonyl (C=O) groups excluding carboxylic acids is 2. The van der Waals surface area contributed by atoms with Crippen molar-refractivity contribution in [2.75, 3.05) is 11.9 Å². The largest absolute Gasteiger partial charge is 0.368 e. The third kappa shape index (κ3) is 3.88. The van der Waals surface area contributed by atoms with E-state index in [4.69, 9.17) is 11.7 Å². The van der Waals surface area contributed by atoms with Crippen molar-refractivity contribution in [3.05, 3.63) is 52.1 Å². The molecule has 1 unspecified atom stereocenters. The number of terminal acetylenes is 1. The molecule has 28 heavy (non-hydrogen) atoms. The number of carbonyl (C=O) groups is 2. The summed E-state index contributed by atoms with van der Waals surface area (Å²) in [5.41, 5.74) is 1.59. The third-order valence-electron chi connectivity index (χ3n) is 4.42. The minimum absolute atomic E-state index is 0.0711. The second-order valence-corrected chi connectivity index (χ2v) is 6.10. The lowest BCUT2D eigenvalue weighted by atomic mass is 10.0.